The van der Waals surface area contributed by atoms with Gasteiger partial charge < -0.3 is 9.64 Å². The van der Waals surface area contributed by atoms with Crippen molar-refractivity contribution >= 4 is 11.8 Å². The Morgan fingerprint density at radius 1 is 1.19 bits per heavy atom. The van der Waals surface area contributed by atoms with E-state index in [2.05, 4.69) is 48.5 Å². The summed E-state index contributed by atoms with van der Waals surface area (Å²) in [5.41, 5.74) is 3.09. The van der Waals surface area contributed by atoms with Crippen molar-refractivity contribution in [2.24, 2.45) is 0 Å². The molecule has 0 N–H and O–H groups in total. The van der Waals surface area contributed by atoms with Gasteiger partial charge in [0.2, 0.25) is 0 Å². The highest BCUT2D eigenvalue weighted by Crippen LogP contribution is 2.27. The van der Waals surface area contributed by atoms with Crippen molar-refractivity contribution in [1.29, 1.82) is 0 Å². The number of benzene rings is 1. The normalized spacial score (nSPS) is 10.2. The van der Waals surface area contributed by atoms with Gasteiger partial charge in [-0.05, 0) is 38.1 Å². The average molecular weight is 282 g/mol. The molecule has 2 aromatic rings. The minimum atomic E-state index is 0.462. The summed E-state index contributed by atoms with van der Waals surface area (Å²) in [5, 5.41) is 0. The predicted octanol–water partition coefficient (Wildman–Crippen LogP) is 4.15. The van der Waals surface area contributed by atoms with E-state index in [1.54, 1.807) is 6.20 Å². The summed E-state index contributed by atoms with van der Waals surface area (Å²) in [7, 11) is 0. The number of nitrogens with zero attached hydrogens (tertiary/aromatic N) is 2. The van der Waals surface area contributed by atoms with Gasteiger partial charge in [0, 0.05) is 36.6 Å². The lowest BCUT2D eigenvalue weighted by atomic mass is 10.1. The fourth-order valence-electron chi connectivity index (χ4n) is 2.24. The minimum Gasteiger partial charge on any atom is -0.487 e. The molecular weight excluding hydrogens is 260 g/mol. The van der Waals surface area contributed by atoms with Crippen LogP contribution in [0.15, 0.2) is 49.2 Å². The van der Waals surface area contributed by atoms with E-state index in [4.69, 9.17) is 4.74 Å². The highest BCUT2D eigenvalue weighted by Gasteiger charge is 2.07. The van der Waals surface area contributed by atoms with E-state index in [-0.39, 0.29) is 0 Å². The predicted molar refractivity (Wildman–Crippen MR) is 88.7 cm³/mol. The molecule has 0 fully saturated rings. The van der Waals surface area contributed by atoms with E-state index in [0.29, 0.717) is 6.61 Å². The number of hydrogen-bond acceptors (Lipinski definition) is 3. The van der Waals surface area contributed by atoms with Gasteiger partial charge in [0.15, 0.2) is 0 Å². The van der Waals surface area contributed by atoms with Gasteiger partial charge in [-0.25, -0.2) is 0 Å². The van der Waals surface area contributed by atoms with Crippen LogP contribution in [-0.2, 0) is 6.61 Å². The standard InChI is InChI=1S/C18H22N2O/c1-4-15-10-11-17(20(5-2)6-3)13-18(15)21-14-16-9-7-8-12-19-16/h4,7-13H,1,5-6,14H2,2-3H3. The molecule has 0 saturated carbocycles. The van der Waals surface area contributed by atoms with Gasteiger partial charge in [0.25, 0.3) is 0 Å². The van der Waals surface area contributed by atoms with Crippen LogP contribution in [0, 0.1) is 0 Å². The Morgan fingerprint density at radius 2 is 2.00 bits per heavy atom. The van der Waals surface area contributed by atoms with Crippen LogP contribution in [0.4, 0.5) is 5.69 Å². The summed E-state index contributed by atoms with van der Waals surface area (Å²) in [6.45, 7) is 10.6. The highest BCUT2D eigenvalue weighted by molar-refractivity contribution is 5.62. The smallest absolute Gasteiger partial charge is 0.130 e. The zero-order chi connectivity index (χ0) is 15.1. The monoisotopic (exact) mass is 282 g/mol. The van der Waals surface area contributed by atoms with Gasteiger partial charge in [0.05, 0.1) is 5.69 Å². The maximum atomic E-state index is 5.93. The molecule has 0 aliphatic carbocycles. The number of anilines is 1. The van der Waals surface area contributed by atoms with E-state index in [0.717, 1.165) is 30.1 Å². The van der Waals surface area contributed by atoms with Gasteiger partial charge in [-0.15, -0.1) is 0 Å². The van der Waals surface area contributed by atoms with Crippen molar-refractivity contribution in [3.63, 3.8) is 0 Å². The van der Waals surface area contributed by atoms with Gasteiger partial charge in [-0.2, -0.15) is 0 Å². The molecule has 0 radical (unpaired) electrons. The summed E-state index contributed by atoms with van der Waals surface area (Å²) in [6.07, 6.45) is 3.60. The number of aromatic nitrogens is 1. The lowest BCUT2D eigenvalue weighted by molar-refractivity contribution is 0.301. The van der Waals surface area contributed by atoms with Crippen LogP contribution in [0.25, 0.3) is 6.08 Å². The first-order valence-corrected chi connectivity index (χ1v) is 7.32. The van der Waals surface area contributed by atoms with Crippen molar-refractivity contribution in [3.8, 4) is 5.75 Å². The molecular formula is C18H22N2O. The Labute approximate surface area is 126 Å². The molecule has 0 amide bonds. The third-order valence-electron chi connectivity index (χ3n) is 3.45. The maximum Gasteiger partial charge on any atom is 0.130 e. The van der Waals surface area contributed by atoms with Crippen LogP contribution in [-0.4, -0.2) is 18.1 Å². The molecule has 0 atom stereocenters. The Morgan fingerprint density at radius 3 is 2.62 bits per heavy atom. The number of hydrogen-bond donors (Lipinski definition) is 0. The van der Waals surface area contributed by atoms with Crippen molar-refractivity contribution in [2.75, 3.05) is 18.0 Å². The fourth-order valence-corrected chi connectivity index (χ4v) is 2.24. The Hall–Kier alpha value is -2.29. The van der Waals surface area contributed by atoms with E-state index in [1.165, 1.54) is 5.69 Å². The maximum absolute atomic E-state index is 5.93. The second-order valence-corrected chi connectivity index (χ2v) is 4.71. The average Bonchev–Trinajstić information content (AvgIpc) is 2.55. The SMILES string of the molecule is C=Cc1ccc(N(CC)CC)cc1OCc1ccccn1. The Kier molecular flexibility index (Phi) is 5.38. The lowest BCUT2D eigenvalue weighted by Crippen LogP contribution is -2.21. The van der Waals surface area contributed by atoms with Crippen molar-refractivity contribution in [1.82, 2.24) is 4.98 Å². The van der Waals surface area contributed by atoms with E-state index in [1.807, 2.05) is 24.3 Å². The molecule has 1 aromatic heterocycles. The van der Waals surface area contributed by atoms with Crippen LogP contribution in [0.2, 0.25) is 0 Å². The summed E-state index contributed by atoms with van der Waals surface area (Å²) >= 11 is 0. The quantitative estimate of drug-likeness (QED) is 0.763. The van der Waals surface area contributed by atoms with Crippen LogP contribution >= 0.6 is 0 Å². The van der Waals surface area contributed by atoms with Gasteiger partial charge >= 0.3 is 0 Å². The summed E-state index contributed by atoms with van der Waals surface area (Å²) in [5.74, 6) is 0.847. The molecule has 2 rings (SSSR count). The van der Waals surface area contributed by atoms with Gasteiger partial charge in [0.1, 0.15) is 12.4 Å². The lowest BCUT2D eigenvalue weighted by Gasteiger charge is -2.22. The fraction of sp³-hybridized carbons (Fsp3) is 0.278. The topological polar surface area (TPSA) is 25.4 Å². The number of rotatable bonds is 7. The zero-order valence-electron chi connectivity index (χ0n) is 12.7. The molecule has 1 heterocycles. The molecule has 1 aromatic carbocycles. The Balaban J connectivity index is 2.19. The third-order valence-corrected chi connectivity index (χ3v) is 3.45. The van der Waals surface area contributed by atoms with Crippen LogP contribution < -0.4 is 9.64 Å². The number of pyridine rings is 1. The molecule has 0 bridgehead atoms. The molecule has 0 aliphatic heterocycles. The van der Waals surface area contributed by atoms with E-state index < -0.39 is 0 Å². The molecule has 110 valence electrons. The van der Waals surface area contributed by atoms with Crippen LogP contribution in [0.5, 0.6) is 5.75 Å². The second kappa shape index (κ2) is 7.48. The van der Waals surface area contributed by atoms with Gasteiger partial charge in [-0.1, -0.05) is 18.7 Å². The molecule has 21 heavy (non-hydrogen) atoms. The van der Waals surface area contributed by atoms with E-state index in [9.17, 15) is 0 Å². The first-order valence-electron chi connectivity index (χ1n) is 7.32. The first-order chi connectivity index (χ1) is 10.3. The molecule has 0 spiro atoms. The van der Waals surface area contributed by atoms with Crippen molar-refractivity contribution < 1.29 is 4.74 Å². The van der Waals surface area contributed by atoms with Crippen molar-refractivity contribution in [2.45, 2.75) is 20.5 Å². The van der Waals surface area contributed by atoms with Gasteiger partial charge in [-0.3, -0.25) is 4.98 Å². The second-order valence-electron chi connectivity index (χ2n) is 4.71. The molecule has 0 unspecified atom stereocenters. The molecule has 3 nitrogen and oxygen atoms in total. The minimum absolute atomic E-state index is 0.462. The molecule has 0 aliphatic rings. The Bertz CT molecular complexity index is 577. The molecule has 3 heteroatoms. The number of ether oxygens (including phenoxy) is 1. The largest absolute Gasteiger partial charge is 0.487 e. The summed E-state index contributed by atoms with van der Waals surface area (Å²) in [6, 6.07) is 12.1. The summed E-state index contributed by atoms with van der Waals surface area (Å²) in [4.78, 5) is 6.57. The zero-order valence-corrected chi connectivity index (χ0v) is 12.7. The van der Waals surface area contributed by atoms with Crippen molar-refractivity contribution in [3.05, 3.63) is 60.4 Å². The third kappa shape index (κ3) is 3.85. The van der Waals surface area contributed by atoms with Crippen LogP contribution in [0.1, 0.15) is 25.1 Å². The first kappa shape index (κ1) is 15.1. The highest BCUT2D eigenvalue weighted by atomic mass is 16.5. The summed E-state index contributed by atoms with van der Waals surface area (Å²) < 4.78 is 5.93. The van der Waals surface area contributed by atoms with Crippen LogP contribution in [0.3, 0.4) is 0 Å². The molecule has 0 saturated heterocycles. The van der Waals surface area contributed by atoms with E-state index >= 15 is 0 Å².